The Bertz CT molecular complexity index is 385. The number of rotatable bonds is 7. The van der Waals surface area contributed by atoms with Crippen LogP contribution in [0.1, 0.15) is 18.9 Å². The molecule has 1 aromatic carbocycles. The molecule has 1 aromatic rings. The number of thiocarbonyl (C=S) groups is 1. The highest BCUT2D eigenvalue weighted by molar-refractivity contribution is 7.80. The summed E-state index contributed by atoms with van der Waals surface area (Å²) in [5, 5.41) is 0.504. The van der Waals surface area contributed by atoms with E-state index in [1.807, 2.05) is 0 Å². The van der Waals surface area contributed by atoms with E-state index < -0.39 is 0 Å². The highest BCUT2D eigenvalue weighted by Crippen LogP contribution is 2.22. The van der Waals surface area contributed by atoms with Gasteiger partial charge in [-0.15, -0.1) is 0 Å². The molecule has 0 atom stereocenters. The Balaban J connectivity index is 2.45. The third kappa shape index (κ3) is 4.89. The first kappa shape index (κ1) is 14.2. The van der Waals surface area contributed by atoms with Crippen LogP contribution in [0.3, 0.4) is 0 Å². The average Bonchev–Trinajstić information content (AvgIpc) is 2.28. The Morgan fingerprint density at radius 2 is 2.12 bits per heavy atom. The maximum Gasteiger partial charge on any atom is 0.120 e. The van der Waals surface area contributed by atoms with Crippen LogP contribution in [0, 0.1) is 0 Å². The van der Waals surface area contributed by atoms with E-state index in [-0.39, 0.29) is 4.99 Å². The quantitative estimate of drug-likeness (QED) is 0.613. The zero-order valence-electron chi connectivity index (χ0n) is 9.74. The molecule has 0 bridgehead atoms. The molecule has 0 aromatic heterocycles. The molecule has 0 aliphatic carbocycles. The van der Waals surface area contributed by atoms with Crippen LogP contribution in [0.4, 0.5) is 0 Å². The molecule has 0 heterocycles. The summed E-state index contributed by atoms with van der Waals surface area (Å²) in [4.78, 5) is 0.285. The molecule has 2 N–H and O–H groups in total. The van der Waals surface area contributed by atoms with Crippen LogP contribution in [-0.2, 0) is 4.74 Å². The largest absolute Gasteiger partial charge is 0.491 e. The summed E-state index contributed by atoms with van der Waals surface area (Å²) in [5.74, 6) is 0.690. The maximum atomic E-state index is 6.01. The molecule has 0 saturated carbocycles. The van der Waals surface area contributed by atoms with Gasteiger partial charge in [0.25, 0.3) is 0 Å². The van der Waals surface area contributed by atoms with Crippen molar-refractivity contribution in [3.8, 4) is 5.75 Å². The molecule has 5 heteroatoms. The lowest BCUT2D eigenvalue weighted by Crippen LogP contribution is -2.10. The summed E-state index contributed by atoms with van der Waals surface area (Å²) < 4.78 is 10.8. The summed E-state index contributed by atoms with van der Waals surface area (Å²) in [7, 11) is 0. The summed E-state index contributed by atoms with van der Waals surface area (Å²) >= 11 is 10.9. The second-order valence-corrected chi connectivity index (χ2v) is 4.31. The van der Waals surface area contributed by atoms with Crippen LogP contribution >= 0.6 is 23.8 Å². The fourth-order valence-corrected chi connectivity index (χ4v) is 1.76. The van der Waals surface area contributed by atoms with Gasteiger partial charge in [-0.25, -0.2) is 0 Å². The van der Waals surface area contributed by atoms with Crippen LogP contribution in [0.25, 0.3) is 0 Å². The van der Waals surface area contributed by atoms with Crippen molar-refractivity contribution in [1.29, 1.82) is 0 Å². The van der Waals surface area contributed by atoms with Crippen molar-refractivity contribution in [2.45, 2.75) is 13.3 Å². The smallest absolute Gasteiger partial charge is 0.120 e. The minimum atomic E-state index is 0.285. The van der Waals surface area contributed by atoms with Gasteiger partial charge in [0, 0.05) is 12.2 Å². The number of ether oxygens (including phenoxy) is 2. The molecule has 0 radical (unpaired) electrons. The average molecular weight is 274 g/mol. The SMILES string of the molecule is CCCOCCOc1ccc(C(N)=S)c(Cl)c1. The Labute approximate surface area is 112 Å². The van der Waals surface area contributed by atoms with Crippen molar-refractivity contribution in [3.63, 3.8) is 0 Å². The molecule has 0 spiro atoms. The van der Waals surface area contributed by atoms with Crippen molar-refractivity contribution in [2.75, 3.05) is 19.8 Å². The van der Waals surface area contributed by atoms with Crippen LogP contribution in [0.15, 0.2) is 18.2 Å². The van der Waals surface area contributed by atoms with Crippen LogP contribution in [0.2, 0.25) is 5.02 Å². The van der Waals surface area contributed by atoms with Crippen molar-refractivity contribution >= 4 is 28.8 Å². The van der Waals surface area contributed by atoms with Crippen LogP contribution < -0.4 is 10.5 Å². The van der Waals surface area contributed by atoms with E-state index in [4.69, 9.17) is 39.0 Å². The lowest BCUT2D eigenvalue weighted by molar-refractivity contribution is 0.101. The van der Waals surface area contributed by atoms with Gasteiger partial charge in [-0.2, -0.15) is 0 Å². The molecular weight excluding hydrogens is 258 g/mol. The van der Waals surface area contributed by atoms with Crippen LogP contribution in [0.5, 0.6) is 5.75 Å². The van der Waals surface area contributed by atoms with E-state index in [2.05, 4.69) is 6.92 Å². The zero-order valence-corrected chi connectivity index (χ0v) is 11.3. The fraction of sp³-hybridized carbons (Fsp3) is 0.417. The third-order valence-corrected chi connectivity index (χ3v) is 2.58. The van der Waals surface area contributed by atoms with Crippen LogP contribution in [-0.4, -0.2) is 24.8 Å². The van der Waals surface area contributed by atoms with E-state index in [9.17, 15) is 0 Å². The van der Waals surface area contributed by atoms with Crippen molar-refractivity contribution in [2.24, 2.45) is 5.73 Å². The van der Waals surface area contributed by atoms with Gasteiger partial charge in [0.2, 0.25) is 0 Å². The lowest BCUT2D eigenvalue weighted by Gasteiger charge is -2.08. The Morgan fingerprint density at radius 3 is 2.71 bits per heavy atom. The van der Waals surface area contributed by atoms with Crippen molar-refractivity contribution in [3.05, 3.63) is 28.8 Å². The molecule has 17 heavy (non-hydrogen) atoms. The van der Waals surface area contributed by atoms with Crippen molar-refractivity contribution < 1.29 is 9.47 Å². The monoisotopic (exact) mass is 273 g/mol. The van der Waals surface area contributed by atoms with Gasteiger partial charge < -0.3 is 15.2 Å². The normalized spacial score (nSPS) is 10.2. The minimum Gasteiger partial charge on any atom is -0.491 e. The fourth-order valence-electron chi connectivity index (χ4n) is 1.25. The molecule has 0 amide bonds. The highest BCUT2D eigenvalue weighted by Gasteiger charge is 2.04. The first-order chi connectivity index (χ1) is 8.15. The molecular formula is C12H16ClNO2S. The molecule has 0 unspecified atom stereocenters. The Hall–Kier alpha value is -0.840. The van der Waals surface area contributed by atoms with Gasteiger partial charge in [0.15, 0.2) is 0 Å². The zero-order chi connectivity index (χ0) is 12.7. The second kappa shape index (κ2) is 7.48. The summed E-state index contributed by atoms with van der Waals surface area (Å²) in [6, 6.07) is 5.25. The molecule has 0 fully saturated rings. The Kier molecular flexibility index (Phi) is 6.26. The Morgan fingerprint density at radius 1 is 1.35 bits per heavy atom. The van der Waals surface area contributed by atoms with Crippen molar-refractivity contribution in [1.82, 2.24) is 0 Å². The number of hydrogen-bond acceptors (Lipinski definition) is 3. The van der Waals surface area contributed by atoms with E-state index in [0.717, 1.165) is 13.0 Å². The first-order valence-electron chi connectivity index (χ1n) is 5.45. The molecule has 0 aliphatic rings. The van der Waals surface area contributed by atoms with Gasteiger partial charge in [-0.3, -0.25) is 0 Å². The lowest BCUT2D eigenvalue weighted by atomic mass is 10.2. The van der Waals surface area contributed by atoms with E-state index in [0.29, 0.717) is 29.5 Å². The first-order valence-corrected chi connectivity index (χ1v) is 6.23. The van der Waals surface area contributed by atoms with Gasteiger partial charge in [0.1, 0.15) is 17.3 Å². The number of nitrogens with two attached hydrogens (primary N) is 1. The maximum absolute atomic E-state index is 6.01. The highest BCUT2D eigenvalue weighted by atomic mass is 35.5. The van der Waals surface area contributed by atoms with E-state index in [1.165, 1.54) is 0 Å². The van der Waals surface area contributed by atoms with E-state index in [1.54, 1.807) is 18.2 Å². The van der Waals surface area contributed by atoms with E-state index >= 15 is 0 Å². The van der Waals surface area contributed by atoms with Gasteiger partial charge in [0.05, 0.1) is 11.6 Å². The summed E-state index contributed by atoms with van der Waals surface area (Å²) in [5.41, 5.74) is 6.17. The molecule has 0 aliphatic heterocycles. The molecule has 1 rings (SSSR count). The summed E-state index contributed by atoms with van der Waals surface area (Å²) in [6.07, 6.45) is 1.01. The van der Waals surface area contributed by atoms with Gasteiger partial charge in [-0.1, -0.05) is 30.7 Å². The molecule has 0 saturated heterocycles. The number of hydrogen-bond donors (Lipinski definition) is 1. The van der Waals surface area contributed by atoms with Gasteiger partial charge in [-0.05, 0) is 24.6 Å². The third-order valence-electron chi connectivity index (χ3n) is 2.05. The number of benzene rings is 1. The second-order valence-electron chi connectivity index (χ2n) is 3.47. The van der Waals surface area contributed by atoms with Gasteiger partial charge >= 0.3 is 0 Å². The molecule has 94 valence electrons. The predicted octanol–water partition coefficient (Wildman–Crippen LogP) is 2.78. The topological polar surface area (TPSA) is 44.5 Å². The minimum absolute atomic E-state index is 0.285. The molecule has 3 nitrogen and oxygen atoms in total. The standard InChI is InChI=1S/C12H16ClNO2S/c1-2-5-15-6-7-16-9-3-4-10(12(14)17)11(13)8-9/h3-4,8H,2,5-7H2,1H3,(H2,14,17). The predicted molar refractivity (Wildman–Crippen MR) is 73.9 cm³/mol. The summed E-state index contributed by atoms with van der Waals surface area (Å²) in [6.45, 7) is 3.89. The number of halogens is 1.